The highest BCUT2D eigenvalue weighted by Gasteiger charge is 2.31. The second kappa shape index (κ2) is 10.3. The van der Waals surface area contributed by atoms with Gasteiger partial charge in [-0.1, -0.05) is 37.6 Å². The molecular weight excluding hydrogens is 457 g/mol. The number of aliphatic hydroxyl groups excluding tert-OH is 1. The van der Waals surface area contributed by atoms with Crippen molar-refractivity contribution in [3.05, 3.63) is 59.1 Å². The van der Waals surface area contributed by atoms with Gasteiger partial charge in [-0.05, 0) is 48.7 Å². The number of rotatable bonds is 8. The molecule has 1 heterocycles. The molecule has 3 N–H and O–H groups in total. The van der Waals surface area contributed by atoms with E-state index in [1.165, 1.54) is 18.2 Å². The van der Waals surface area contributed by atoms with Gasteiger partial charge < -0.3 is 20.5 Å². The maximum absolute atomic E-state index is 12.7. The number of hydrogen-bond donors (Lipinski definition) is 3. The molecule has 1 aromatic heterocycles. The van der Waals surface area contributed by atoms with E-state index in [2.05, 4.69) is 25.3 Å². The number of nitrogens with one attached hydrogen (secondary N) is 2. The fourth-order valence-corrected chi connectivity index (χ4v) is 3.15. The monoisotopic (exact) mass is 480 g/mol. The fourth-order valence-electron chi connectivity index (χ4n) is 3.04. The summed E-state index contributed by atoms with van der Waals surface area (Å²) in [6.45, 7) is 5.60. The van der Waals surface area contributed by atoms with Gasteiger partial charge >= 0.3 is 6.36 Å². The Morgan fingerprint density at radius 2 is 1.85 bits per heavy atom. The van der Waals surface area contributed by atoms with Crippen LogP contribution in [0.5, 0.6) is 5.75 Å². The summed E-state index contributed by atoms with van der Waals surface area (Å²) in [4.78, 5) is 8.92. The Morgan fingerprint density at radius 1 is 1.09 bits per heavy atom. The molecule has 10 heteroatoms. The zero-order valence-electron chi connectivity index (χ0n) is 18.2. The molecule has 0 unspecified atom stereocenters. The van der Waals surface area contributed by atoms with E-state index in [0.717, 1.165) is 11.3 Å². The summed E-state index contributed by atoms with van der Waals surface area (Å²) in [5.41, 5.74) is 2.37. The Labute approximate surface area is 194 Å². The maximum Gasteiger partial charge on any atom is 0.573 e. The largest absolute Gasteiger partial charge is 0.573 e. The van der Waals surface area contributed by atoms with Crippen LogP contribution in [0.1, 0.15) is 19.4 Å². The molecule has 0 spiro atoms. The lowest BCUT2D eigenvalue weighted by molar-refractivity contribution is -0.274. The molecule has 0 saturated carbocycles. The van der Waals surface area contributed by atoms with E-state index in [0.29, 0.717) is 22.1 Å². The number of alkyl halides is 3. The van der Waals surface area contributed by atoms with Gasteiger partial charge in [0.25, 0.3) is 0 Å². The molecule has 0 saturated heterocycles. The molecule has 0 radical (unpaired) electrons. The zero-order valence-corrected chi connectivity index (χ0v) is 19.0. The molecule has 0 bridgehead atoms. The molecule has 176 valence electrons. The number of anilines is 3. The predicted molar refractivity (Wildman–Crippen MR) is 123 cm³/mol. The van der Waals surface area contributed by atoms with E-state index in [9.17, 15) is 18.3 Å². The molecule has 0 aliphatic carbocycles. The molecular formula is C23H24ClF3N4O2. The van der Waals surface area contributed by atoms with E-state index in [1.807, 2.05) is 26.8 Å². The molecule has 3 rings (SSSR count). The van der Waals surface area contributed by atoms with E-state index in [-0.39, 0.29) is 30.3 Å². The van der Waals surface area contributed by atoms with Crippen molar-refractivity contribution < 1.29 is 23.0 Å². The van der Waals surface area contributed by atoms with Gasteiger partial charge in [0.1, 0.15) is 11.6 Å². The van der Waals surface area contributed by atoms with Crippen LogP contribution >= 0.6 is 11.6 Å². The second-order valence-corrected chi connectivity index (χ2v) is 8.21. The standard InChI is InChI=1S/C23H24ClF3N4O2/c1-13(2)20(12-32)30-22-29-19(15-5-4-6-17(10-15)33-23(25,26)27)11-21(31-22)28-16-7-8-18(24)14(3)9-16/h4-11,13,20,32H,12H2,1-3H3,(H2,28,29,30,31)/t20-/m0/s1. The smallest absolute Gasteiger partial charge is 0.406 e. The average molecular weight is 481 g/mol. The number of hydrogen-bond acceptors (Lipinski definition) is 6. The number of ether oxygens (including phenoxy) is 1. The van der Waals surface area contributed by atoms with Crippen LogP contribution in [0.4, 0.5) is 30.6 Å². The Balaban J connectivity index is 2.01. The van der Waals surface area contributed by atoms with Crippen molar-refractivity contribution in [3.63, 3.8) is 0 Å². The van der Waals surface area contributed by atoms with Crippen LogP contribution in [-0.4, -0.2) is 34.1 Å². The summed E-state index contributed by atoms with van der Waals surface area (Å²) in [5, 5.41) is 16.6. The van der Waals surface area contributed by atoms with Gasteiger partial charge in [-0.25, -0.2) is 4.98 Å². The first kappa shape index (κ1) is 24.6. The minimum absolute atomic E-state index is 0.0843. The van der Waals surface area contributed by atoms with Crippen LogP contribution < -0.4 is 15.4 Å². The number of halogens is 4. The number of benzene rings is 2. The van der Waals surface area contributed by atoms with Gasteiger partial charge in [-0.15, -0.1) is 13.2 Å². The van der Waals surface area contributed by atoms with E-state index < -0.39 is 6.36 Å². The van der Waals surface area contributed by atoms with Crippen molar-refractivity contribution in [2.45, 2.75) is 33.2 Å². The molecule has 0 amide bonds. The fraction of sp³-hybridized carbons (Fsp3) is 0.304. The highest BCUT2D eigenvalue weighted by Crippen LogP contribution is 2.30. The van der Waals surface area contributed by atoms with Gasteiger partial charge in [0.15, 0.2) is 0 Å². The van der Waals surface area contributed by atoms with Gasteiger partial charge in [-0.3, -0.25) is 0 Å². The predicted octanol–water partition coefficient (Wildman–Crippen LogP) is 6.18. The quantitative estimate of drug-likeness (QED) is 0.357. The van der Waals surface area contributed by atoms with Crippen LogP contribution in [0.2, 0.25) is 5.02 Å². The maximum atomic E-state index is 12.7. The summed E-state index contributed by atoms with van der Waals surface area (Å²) in [6.07, 6.45) is -4.80. The van der Waals surface area contributed by atoms with Crippen molar-refractivity contribution in [2.75, 3.05) is 17.2 Å². The van der Waals surface area contributed by atoms with Crippen LogP contribution in [0, 0.1) is 12.8 Å². The van der Waals surface area contributed by atoms with Gasteiger partial charge in [0, 0.05) is 22.3 Å². The number of aryl methyl sites for hydroxylation is 1. The first-order valence-electron chi connectivity index (χ1n) is 10.2. The number of aromatic nitrogens is 2. The second-order valence-electron chi connectivity index (χ2n) is 7.80. The summed E-state index contributed by atoms with van der Waals surface area (Å²) in [5.74, 6) is 0.356. The third kappa shape index (κ3) is 6.97. The summed E-state index contributed by atoms with van der Waals surface area (Å²) in [7, 11) is 0. The van der Waals surface area contributed by atoms with Crippen molar-refractivity contribution in [1.29, 1.82) is 0 Å². The minimum Gasteiger partial charge on any atom is -0.406 e. The van der Waals surface area contributed by atoms with E-state index in [4.69, 9.17) is 11.6 Å². The Hall–Kier alpha value is -3.04. The van der Waals surface area contributed by atoms with Crippen LogP contribution in [0.15, 0.2) is 48.5 Å². The third-order valence-electron chi connectivity index (χ3n) is 4.84. The van der Waals surface area contributed by atoms with E-state index in [1.54, 1.807) is 24.3 Å². The van der Waals surface area contributed by atoms with Crippen LogP contribution in [-0.2, 0) is 0 Å². The normalized spacial score (nSPS) is 12.5. The molecule has 2 aromatic carbocycles. The highest BCUT2D eigenvalue weighted by molar-refractivity contribution is 6.31. The lowest BCUT2D eigenvalue weighted by atomic mass is 10.1. The zero-order chi connectivity index (χ0) is 24.2. The number of nitrogens with zero attached hydrogens (tertiary/aromatic N) is 2. The summed E-state index contributed by atoms with van der Waals surface area (Å²) < 4.78 is 42.0. The van der Waals surface area contributed by atoms with Crippen LogP contribution in [0.25, 0.3) is 11.3 Å². The Morgan fingerprint density at radius 3 is 2.48 bits per heavy atom. The van der Waals surface area contributed by atoms with Crippen molar-refractivity contribution in [1.82, 2.24) is 9.97 Å². The van der Waals surface area contributed by atoms with Gasteiger partial charge in [0.2, 0.25) is 5.95 Å². The molecule has 0 aliphatic heterocycles. The van der Waals surface area contributed by atoms with E-state index >= 15 is 0 Å². The first-order valence-corrected chi connectivity index (χ1v) is 10.6. The Kier molecular flexibility index (Phi) is 7.65. The lowest BCUT2D eigenvalue weighted by Gasteiger charge is -2.21. The molecule has 0 aliphatic rings. The van der Waals surface area contributed by atoms with Crippen LogP contribution in [0.3, 0.4) is 0 Å². The van der Waals surface area contributed by atoms with Gasteiger partial charge in [0.05, 0.1) is 18.3 Å². The summed E-state index contributed by atoms with van der Waals surface area (Å²) >= 11 is 6.10. The topological polar surface area (TPSA) is 79.3 Å². The average Bonchev–Trinajstić information content (AvgIpc) is 2.73. The molecule has 33 heavy (non-hydrogen) atoms. The molecule has 0 fully saturated rings. The van der Waals surface area contributed by atoms with Crippen molar-refractivity contribution >= 4 is 29.1 Å². The third-order valence-corrected chi connectivity index (χ3v) is 5.26. The minimum atomic E-state index is -4.80. The molecule has 1 atom stereocenters. The first-order chi connectivity index (χ1) is 15.5. The van der Waals surface area contributed by atoms with Gasteiger partial charge in [-0.2, -0.15) is 4.98 Å². The molecule has 3 aromatic rings. The number of aliphatic hydroxyl groups is 1. The van der Waals surface area contributed by atoms with Crippen molar-refractivity contribution in [3.8, 4) is 17.0 Å². The lowest BCUT2D eigenvalue weighted by Crippen LogP contribution is -2.30. The Bertz CT molecular complexity index is 1110. The molecule has 6 nitrogen and oxygen atoms in total. The SMILES string of the molecule is Cc1cc(Nc2cc(-c3cccc(OC(F)(F)F)c3)nc(N[C@@H](CO)C(C)C)n2)ccc1Cl. The summed E-state index contributed by atoms with van der Waals surface area (Å²) in [6, 6.07) is 12.2. The van der Waals surface area contributed by atoms with Crippen molar-refractivity contribution in [2.24, 2.45) is 5.92 Å². The highest BCUT2D eigenvalue weighted by atomic mass is 35.5.